The van der Waals surface area contributed by atoms with E-state index in [1.165, 1.54) is 12.5 Å². The molecule has 7 heteroatoms. The average molecular weight is 301 g/mol. The number of rotatable bonds is 5. The van der Waals surface area contributed by atoms with E-state index in [-0.39, 0.29) is 17.6 Å². The van der Waals surface area contributed by atoms with Gasteiger partial charge in [0.1, 0.15) is 0 Å². The van der Waals surface area contributed by atoms with E-state index in [2.05, 4.69) is 9.71 Å². The van der Waals surface area contributed by atoms with Gasteiger partial charge in [0.25, 0.3) is 10.0 Å². The zero-order valence-electron chi connectivity index (χ0n) is 12.0. The van der Waals surface area contributed by atoms with Gasteiger partial charge in [-0.2, -0.15) is 0 Å². The van der Waals surface area contributed by atoms with Gasteiger partial charge in [-0.25, -0.2) is 18.1 Å². The number of aromatic nitrogens is 2. The summed E-state index contributed by atoms with van der Waals surface area (Å²) in [7, 11) is -3.65. The summed E-state index contributed by atoms with van der Waals surface area (Å²) >= 11 is 0. The van der Waals surface area contributed by atoms with Gasteiger partial charge < -0.3 is 9.67 Å². The molecule has 0 aromatic carbocycles. The van der Waals surface area contributed by atoms with Crippen LogP contribution in [0.3, 0.4) is 0 Å². The molecule has 1 heterocycles. The van der Waals surface area contributed by atoms with Gasteiger partial charge in [0.15, 0.2) is 5.03 Å². The fourth-order valence-electron chi connectivity index (χ4n) is 2.43. The van der Waals surface area contributed by atoms with Crippen molar-refractivity contribution in [2.24, 2.45) is 0 Å². The number of nitrogens with one attached hydrogen (secondary N) is 1. The molecule has 114 valence electrons. The first-order chi connectivity index (χ1) is 9.32. The first-order valence-electron chi connectivity index (χ1n) is 7.08. The minimum Gasteiger partial charge on any atom is -0.389 e. The number of aliphatic hydroxyl groups is 1. The number of nitrogens with zero attached hydrogens (tertiary/aromatic N) is 2. The zero-order valence-corrected chi connectivity index (χ0v) is 12.9. The van der Waals surface area contributed by atoms with E-state index in [4.69, 9.17) is 0 Å². The lowest BCUT2D eigenvalue weighted by Gasteiger charge is -2.31. The maximum absolute atomic E-state index is 12.2. The highest BCUT2D eigenvalue weighted by atomic mass is 32.2. The van der Waals surface area contributed by atoms with Gasteiger partial charge in [-0.1, -0.05) is 19.3 Å². The highest BCUT2D eigenvalue weighted by Crippen LogP contribution is 2.27. The Morgan fingerprint density at radius 2 is 2.05 bits per heavy atom. The molecule has 0 amide bonds. The molecular weight excluding hydrogens is 278 g/mol. The fourth-order valence-corrected chi connectivity index (χ4v) is 3.48. The topological polar surface area (TPSA) is 84.2 Å². The van der Waals surface area contributed by atoms with Gasteiger partial charge in [-0.3, -0.25) is 0 Å². The van der Waals surface area contributed by atoms with Crippen LogP contribution in [0.5, 0.6) is 0 Å². The highest BCUT2D eigenvalue weighted by molar-refractivity contribution is 7.89. The van der Waals surface area contributed by atoms with Gasteiger partial charge in [0.2, 0.25) is 0 Å². The van der Waals surface area contributed by atoms with Crippen LogP contribution in [-0.4, -0.2) is 35.2 Å². The smallest absolute Gasteiger partial charge is 0.259 e. The Hall–Kier alpha value is -0.920. The molecule has 0 bridgehead atoms. The van der Waals surface area contributed by atoms with Crippen LogP contribution in [0.15, 0.2) is 17.6 Å². The summed E-state index contributed by atoms with van der Waals surface area (Å²) in [5.41, 5.74) is -0.911. The summed E-state index contributed by atoms with van der Waals surface area (Å²) in [6.07, 6.45) is 7.31. The summed E-state index contributed by atoms with van der Waals surface area (Å²) < 4.78 is 28.5. The van der Waals surface area contributed by atoms with Crippen molar-refractivity contribution in [2.45, 2.75) is 62.6 Å². The van der Waals surface area contributed by atoms with Crippen LogP contribution in [0, 0.1) is 0 Å². The minimum absolute atomic E-state index is 0.00519. The first-order valence-corrected chi connectivity index (χ1v) is 8.56. The Balaban J connectivity index is 2.03. The zero-order chi connectivity index (χ0) is 14.8. The van der Waals surface area contributed by atoms with Gasteiger partial charge in [0, 0.05) is 18.8 Å². The van der Waals surface area contributed by atoms with E-state index in [1.54, 1.807) is 4.57 Å². The van der Waals surface area contributed by atoms with E-state index in [0.29, 0.717) is 12.8 Å². The van der Waals surface area contributed by atoms with Gasteiger partial charge in [-0.15, -0.1) is 0 Å². The second-order valence-corrected chi connectivity index (χ2v) is 7.58. The van der Waals surface area contributed by atoms with Crippen molar-refractivity contribution < 1.29 is 13.5 Å². The minimum atomic E-state index is -3.65. The Kier molecular flexibility index (Phi) is 4.51. The highest BCUT2D eigenvalue weighted by Gasteiger charge is 2.31. The monoisotopic (exact) mass is 301 g/mol. The summed E-state index contributed by atoms with van der Waals surface area (Å²) in [6, 6.07) is 0.161. The third-order valence-corrected chi connectivity index (χ3v) is 5.11. The number of hydrogen-bond acceptors (Lipinski definition) is 4. The van der Waals surface area contributed by atoms with E-state index >= 15 is 0 Å². The maximum Gasteiger partial charge on any atom is 0.259 e. The molecule has 2 N–H and O–H groups in total. The van der Waals surface area contributed by atoms with Crippen LogP contribution in [0.1, 0.15) is 52.0 Å². The van der Waals surface area contributed by atoms with Crippen LogP contribution in [0.25, 0.3) is 0 Å². The Bertz CT molecular complexity index is 545. The number of imidazole rings is 1. The molecule has 6 nitrogen and oxygen atoms in total. The lowest BCUT2D eigenvalue weighted by atomic mass is 9.85. The Morgan fingerprint density at radius 3 is 2.60 bits per heavy atom. The Labute approximate surface area is 120 Å². The van der Waals surface area contributed by atoms with Crippen LogP contribution in [0.2, 0.25) is 0 Å². The molecule has 1 aliphatic rings. The second kappa shape index (κ2) is 5.83. The predicted molar refractivity (Wildman–Crippen MR) is 75.8 cm³/mol. The quantitative estimate of drug-likeness (QED) is 0.862. The lowest BCUT2D eigenvalue weighted by molar-refractivity contribution is 0.00944. The van der Waals surface area contributed by atoms with Crippen LogP contribution in [0.4, 0.5) is 0 Å². The molecule has 0 saturated heterocycles. The fraction of sp³-hybridized carbons (Fsp3) is 0.769. The van der Waals surface area contributed by atoms with E-state index < -0.39 is 15.6 Å². The predicted octanol–water partition coefficient (Wildman–Crippen LogP) is 1.44. The van der Waals surface area contributed by atoms with Gasteiger partial charge in [0.05, 0.1) is 11.9 Å². The van der Waals surface area contributed by atoms with Crippen molar-refractivity contribution in [3.05, 3.63) is 12.5 Å². The molecule has 1 fully saturated rings. The SMILES string of the molecule is CC(C)n1cnc(S(=O)(=O)NCC2(O)CCCCC2)c1. The lowest BCUT2D eigenvalue weighted by Crippen LogP contribution is -2.44. The van der Waals surface area contributed by atoms with E-state index in [1.807, 2.05) is 13.8 Å². The molecule has 20 heavy (non-hydrogen) atoms. The summed E-state index contributed by atoms with van der Waals surface area (Å²) in [5, 5.41) is 10.3. The van der Waals surface area contributed by atoms with Gasteiger partial charge >= 0.3 is 0 Å². The first kappa shape index (κ1) is 15.5. The molecule has 0 unspecified atom stereocenters. The average Bonchev–Trinajstić information content (AvgIpc) is 2.88. The van der Waals surface area contributed by atoms with E-state index in [0.717, 1.165) is 19.3 Å². The number of hydrogen-bond donors (Lipinski definition) is 2. The molecule has 1 aliphatic carbocycles. The Morgan fingerprint density at radius 1 is 1.40 bits per heavy atom. The summed E-state index contributed by atoms with van der Waals surface area (Å²) in [6.45, 7) is 3.97. The summed E-state index contributed by atoms with van der Waals surface area (Å²) in [4.78, 5) is 3.93. The van der Waals surface area contributed by atoms with Crippen molar-refractivity contribution in [1.29, 1.82) is 0 Å². The normalized spacial score (nSPS) is 19.4. The maximum atomic E-state index is 12.2. The van der Waals surface area contributed by atoms with Crippen molar-refractivity contribution in [3.63, 3.8) is 0 Å². The third-order valence-electron chi connectivity index (χ3n) is 3.82. The van der Waals surface area contributed by atoms with Crippen molar-refractivity contribution in [1.82, 2.24) is 14.3 Å². The largest absolute Gasteiger partial charge is 0.389 e. The standard InChI is InChI=1S/C13H23N3O3S/c1-11(2)16-8-12(14-10-16)20(18,19)15-9-13(17)6-4-3-5-7-13/h8,10-11,15,17H,3-7,9H2,1-2H3. The second-order valence-electron chi connectivity index (χ2n) is 5.86. The van der Waals surface area contributed by atoms with Gasteiger partial charge in [-0.05, 0) is 26.7 Å². The molecule has 2 rings (SSSR count). The molecule has 0 aliphatic heterocycles. The van der Waals surface area contributed by atoms with E-state index in [9.17, 15) is 13.5 Å². The molecule has 1 aromatic heterocycles. The van der Waals surface area contributed by atoms with Crippen LogP contribution in [-0.2, 0) is 10.0 Å². The molecule has 0 radical (unpaired) electrons. The van der Waals surface area contributed by atoms with Crippen molar-refractivity contribution >= 4 is 10.0 Å². The van der Waals surface area contributed by atoms with Crippen molar-refractivity contribution in [3.8, 4) is 0 Å². The molecule has 1 saturated carbocycles. The molecule has 1 aromatic rings. The molecule has 0 spiro atoms. The van der Waals surface area contributed by atoms with Crippen molar-refractivity contribution in [2.75, 3.05) is 6.54 Å². The van der Waals surface area contributed by atoms with Crippen LogP contribution >= 0.6 is 0 Å². The summed E-state index contributed by atoms with van der Waals surface area (Å²) in [5.74, 6) is 0. The van der Waals surface area contributed by atoms with Crippen LogP contribution < -0.4 is 4.72 Å². The number of sulfonamides is 1. The molecule has 0 atom stereocenters. The third kappa shape index (κ3) is 3.59. The molecular formula is C13H23N3O3S.